The Bertz CT molecular complexity index is 736. The van der Waals surface area contributed by atoms with Crippen molar-refractivity contribution in [1.29, 1.82) is 0 Å². The van der Waals surface area contributed by atoms with Crippen LogP contribution in [-0.2, 0) is 14.3 Å². The van der Waals surface area contributed by atoms with Crippen LogP contribution in [0.4, 0.5) is 10.5 Å². The minimum Gasteiger partial charge on any atom is -0.490 e. The van der Waals surface area contributed by atoms with E-state index in [1.807, 2.05) is 13.8 Å². The van der Waals surface area contributed by atoms with Crippen molar-refractivity contribution in [3.05, 3.63) is 18.2 Å². The molecule has 2 rings (SSSR count). The van der Waals surface area contributed by atoms with E-state index < -0.39 is 11.9 Å². The van der Waals surface area contributed by atoms with Gasteiger partial charge in [0, 0.05) is 24.8 Å². The first-order valence-corrected chi connectivity index (χ1v) is 9.97. The van der Waals surface area contributed by atoms with Crippen molar-refractivity contribution in [2.75, 3.05) is 65.0 Å². The predicted octanol–water partition coefficient (Wildman–Crippen LogP) is 0.923. The third kappa shape index (κ3) is 7.53. The topological polar surface area (TPSA) is 109 Å². The van der Waals surface area contributed by atoms with Gasteiger partial charge in [-0.3, -0.25) is 19.8 Å². The maximum Gasteiger partial charge on any atom is 0.325 e. The van der Waals surface area contributed by atoms with E-state index in [1.165, 1.54) is 0 Å². The van der Waals surface area contributed by atoms with E-state index in [0.29, 0.717) is 56.7 Å². The van der Waals surface area contributed by atoms with Gasteiger partial charge in [0.15, 0.2) is 11.5 Å². The van der Waals surface area contributed by atoms with Gasteiger partial charge in [-0.2, -0.15) is 0 Å². The molecule has 166 valence electrons. The lowest BCUT2D eigenvalue weighted by Crippen LogP contribution is -2.47. The molecular weight excluding hydrogens is 392 g/mol. The average molecular weight is 422 g/mol. The first kappa shape index (κ1) is 23.4. The molecule has 0 unspecified atom stereocenters. The Morgan fingerprint density at radius 1 is 1.07 bits per heavy atom. The lowest BCUT2D eigenvalue weighted by Gasteiger charge is -2.28. The van der Waals surface area contributed by atoms with Gasteiger partial charge in [0.05, 0.1) is 39.5 Å². The second-order valence-electron chi connectivity index (χ2n) is 6.70. The molecule has 0 aliphatic carbocycles. The van der Waals surface area contributed by atoms with Gasteiger partial charge in [-0.1, -0.05) is 0 Å². The summed E-state index contributed by atoms with van der Waals surface area (Å²) in [7, 11) is 1.65. The number of hydrogen-bond acceptors (Lipinski definition) is 7. The smallest absolute Gasteiger partial charge is 0.325 e. The van der Waals surface area contributed by atoms with E-state index in [2.05, 4.69) is 10.6 Å². The second-order valence-corrected chi connectivity index (χ2v) is 6.70. The van der Waals surface area contributed by atoms with Crippen LogP contribution in [0.2, 0.25) is 0 Å². The van der Waals surface area contributed by atoms with Gasteiger partial charge in [-0.05, 0) is 33.0 Å². The number of likely N-dealkylation sites (N-methyl/N-ethyl adjacent to an activating group) is 1. The van der Waals surface area contributed by atoms with Crippen molar-refractivity contribution in [3.63, 3.8) is 0 Å². The lowest BCUT2D eigenvalue weighted by atomic mass is 10.2. The van der Waals surface area contributed by atoms with Crippen LogP contribution in [0.25, 0.3) is 0 Å². The summed E-state index contributed by atoms with van der Waals surface area (Å²) < 4.78 is 16.2. The second kappa shape index (κ2) is 12.0. The van der Waals surface area contributed by atoms with Gasteiger partial charge >= 0.3 is 6.03 Å². The molecular formula is C20H30N4O6. The molecule has 1 heterocycles. The van der Waals surface area contributed by atoms with E-state index in [1.54, 1.807) is 35.0 Å². The molecule has 30 heavy (non-hydrogen) atoms. The molecule has 1 saturated heterocycles. The number of urea groups is 1. The van der Waals surface area contributed by atoms with Crippen LogP contribution >= 0.6 is 0 Å². The lowest BCUT2D eigenvalue weighted by molar-refractivity contribution is -0.136. The van der Waals surface area contributed by atoms with Crippen LogP contribution in [0.15, 0.2) is 18.2 Å². The average Bonchev–Trinajstić information content (AvgIpc) is 2.70. The maximum absolute atomic E-state index is 12.2. The Labute approximate surface area is 176 Å². The normalized spacial score (nSPS) is 13.7. The molecule has 0 saturated carbocycles. The zero-order chi connectivity index (χ0) is 21.9. The highest BCUT2D eigenvalue weighted by Gasteiger charge is 2.19. The van der Waals surface area contributed by atoms with E-state index in [-0.39, 0.29) is 19.0 Å². The van der Waals surface area contributed by atoms with Gasteiger partial charge < -0.3 is 24.4 Å². The number of hydrogen-bond donors (Lipinski definition) is 2. The third-order valence-corrected chi connectivity index (χ3v) is 4.24. The van der Waals surface area contributed by atoms with Gasteiger partial charge in [0.1, 0.15) is 0 Å². The van der Waals surface area contributed by atoms with E-state index >= 15 is 0 Å². The standard InChI is InChI=1S/C20H30N4O6/c1-4-29-16-7-6-15(12-17(16)30-5-2)21-20(27)22-18(25)13-23(3)14-19(26)24-8-10-28-11-9-24/h6-7,12H,4-5,8-11,13-14H2,1-3H3,(H2,21,22,25,27). The van der Waals surface area contributed by atoms with Crippen LogP contribution in [0, 0.1) is 0 Å². The number of ether oxygens (including phenoxy) is 3. The van der Waals surface area contributed by atoms with Crippen LogP contribution in [0.1, 0.15) is 13.8 Å². The van der Waals surface area contributed by atoms with Gasteiger partial charge in [-0.25, -0.2) is 4.79 Å². The number of carbonyl (C=O) groups excluding carboxylic acids is 3. The largest absolute Gasteiger partial charge is 0.490 e. The molecule has 10 heteroatoms. The molecule has 4 amide bonds. The summed E-state index contributed by atoms with van der Waals surface area (Å²) in [6.07, 6.45) is 0. The van der Waals surface area contributed by atoms with Crippen molar-refractivity contribution in [1.82, 2.24) is 15.1 Å². The van der Waals surface area contributed by atoms with E-state index in [0.717, 1.165) is 0 Å². The Morgan fingerprint density at radius 3 is 2.40 bits per heavy atom. The van der Waals surface area contributed by atoms with Gasteiger partial charge in [0.25, 0.3) is 0 Å². The SMILES string of the molecule is CCOc1ccc(NC(=O)NC(=O)CN(C)CC(=O)N2CCOCC2)cc1OCC. The highest BCUT2D eigenvalue weighted by molar-refractivity contribution is 6.02. The third-order valence-electron chi connectivity index (χ3n) is 4.24. The summed E-state index contributed by atoms with van der Waals surface area (Å²) in [5.74, 6) is 0.495. The van der Waals surface area contributed by atoms with Crippen molar-refractivity contribution >= 4 is 23.5 Å². The van der Waals surface area contributed by atoms with Crippen molar-refractivity contribution in [3.8, 4) is 11.5 Å². The number of amides is 4. The highest BCUT2D eigenvalue weighted by Crippen LogP contribution is 2.30. The number of benzene rings is 1. The summed E-state index contributed by atoms with van der Waals surface area (Å²) in [6, 6.07) is 4.31. The maximum atomic E-state index is 12.2. The fourth-order valence-corrected chi connectivity index (χ4v) is 2.90. The molecule has 0 radical (unpaired) electrons. The van der Waals surface area contributed by atoms with E-state index in [9.17, 15) is 14.4 Å². The quantitative estimate of drug-likeness (QED) is 0.609. The number of carbonyl (C=O) groups is 3. The zero-order valence-corrected chi connectivity index (χ0v) is 17.7. The molecule has 2 N–H and O–H groups in total. The molecule has 1 aromatic carbocycles. The number of anilines is 1. The summed E-state index contributed by atoms with van der Waals surface area (Å²) in [6.45, 7) is 6.79. The first-order chi connectivity index (χ1) is 14.4. The Hall–Kier alpha value is -2.85. The highest BCUT2D eigenvalue weighted by atomic mass is 16.5. The van der Waals surface area contributed by atoms with Crippen LogP contribution in [0.3, 0.4) is 0 Å². The molecule has 0 aromatic heterocycles. The summed E-state index contributed by atoms with van der Waals surface area (Å²) >= 11 is 0. The van der Waals surface area contributed by atoms with Crippen molar-refractivity contribution in [2.24, 2.45) is 0 Å². The monoisotopic (exact) mass is 422 g/mol. The first-order valence-electron chi connectivity index (χ1n) is 9.97. The van der Waals surface area contributed by atoms with E-state index in [4.69, 9.17) is 14.2 Å². The number of nitrogens with one attached hydrogen (secondary N) is 2. The minimum atomic E-state index is -0.667. The zero-order valence-electron chi connectivity index (χ0n) is 17.7. The number of morpholine rings is 1. The van der Waals surface area contributed by atoms with Crippen LogP contribution < -0.4 is 20.1 Å². The Balaban J connectivity index is 1.81. The summed E-state index contributed by atoms with van der Waals surface area (Å²) in [4.78, 5) is 39.7. The summed E-state index contributed by atoms with van der Waals surface area (Å²) in [5.41, 5.74) is 0.461. The Kier molecular flexibility index (Phi) is 9.36. The molecule has 1 aliphatic rings. The molecule has 1 aliphatic heterocycles. The molecule has 1 fully saturated rings. The van der Waals surface area contributed by atoms with Crippen molar-refractivity contribution in [2.45, 2.75) is 13.8 Å². The fourth-order valence-electron chi connectivity index (χ4n) is 2.90. The molecule has 1 aromatic rings. The number of nitrogens with zero attached hydrogens (tertiary/aromatic N) is 2. The predicted molar refractivity (Wildman–Crippen MR) is 111 cm³/mol. The van der Waals surface area contributed by atoms with Crippen LogP contribution in [0.5, 0.6) is 11.5 Å². The molecule has 0 bridgehead atoms. The van der Waals surface area contributed by atoms with Gasteiger partial charge in [-0.15, -0.1) is 0 Å². The Morgan fingerprint density at radius 2 is 1.73 bits per heavy atom. The minimum absolute atomic E-state index is 0.0732. The molecule has 0 spiro atoms. The fraction of sp³-hybridized carbons (Fsp3) is 0.550. The van der Waals surface area contributed by atoms with Gasteiger partial charge in [0.2, 0.25) is 11.8 Å². The number of rotatable bonds is 9. The van der Waals surface area contributed by atoms with Crippen LogP contribution in [-0.4, -0.2) is 87.3 Å². The number of imide groups is 1. The molecule has 10 nitrogen and oxygen atoms in total. The van der Waals surface area contributed by atoms with Crippen molar-refractivity contribution < 1.29 is 28.6 Å². The molecule has 0 atom stereocenters. The summed E-state index contributed by atoms with van der Waals surface area (Å²) in [5, 5.41) is 4.85.